The predicted molar refractivity (Wildman–Crippen MR) is 150 cm³/mol. The number of fused-ring (bicyclic) bond motifs is 1. The average molecular weight is 518 g/mol. The first-order valence-corrected chi connectivity index (χ1v) is 14.2. The number of hydrogen-bond acceptors (Lipinski definition) is 6. The zero-order valence-corrected chi connectivity index (χ0v) is 22.2. The van der Waals surface area contributed by atoms with Crippen molar-refractivity contribution < 1.29 is 14.3 Å². The summed E-state index contributed by atoms with van der Waals surface area (Å²) in [7, 11) is 0. The Morgan fingerprint density at radius 2 is 1.63 bits per heavy atom. The van der Waals surface area contributed by atoms with Crippen LogP contribution < -0.4 is 10.2 Å². The van der Waals surface area contributed by atoms with Gasteiger partial charge in [-0.25, -0.2) is 0 Å². The van der Waals surface area contributed by atoms with Gasteiger partial charge in [-0.3, -0.25) is 14.8 Å². The smallest absolute Gasteiger partial charge is 0.251 e. The summed E-state index contributed by atoms with van der Waals surface area (Å²) in [4.78, 5) is 18.2. The van der Waals surface area contributed by atoms with Crippen LogP contribution in [0.25, 0.3) is 22.2 Å². The Hall–Kier alpha value is -2.94. The zero-order valence-electron chi connectivity index (χ0n) is 22.2. The van der Waals surface area contributed by atoms with Crippen molar-refractivity contribution >= 4 is 22.5 Å². The van der Waals surface area contributed by atoms with Crippen LogP contribution in [0.3, 0.4) is 0 Å². The minimum absolute atomic E-state index is 0.00589. The van der Waals surface area contributed by atoms with Gasteiger partial charge < -0.3 is 19.7 Å². The fraction of sp³-hybridized carbons (Fsp3) is 0.533. The Morgan fingerprint density at radius 1 is 0.921 bits per heavy atom. The van der Waals surface area contributed by atoms with Crippen molar-refractivity contribution in [2.75, 3.05) is 70.6 Å². The molecule has 3 heterocycles. The molecule has 202 valence electrons. The van der Waals surface area contributed by atoms with E-state index in [1.807, 2.05) is 18.2 Å². The lowest BCUT2D eigenvalue weighted by atomic mass is 9.73. The minimum atomic E-state index is -0.00589. The highest BCUT2D eigenvalue weighted by Gasteiger charge is 2.35. The summed E-state index contributed by atoms with van der Waals surface area (Å²) in [5, 5.41) is 12.0. The highest BCUT2D eigenvalue weighted by Crippen LogP contribution is 2.37. The van der Waals surface area contributed by atoms with Crippen molar-refractivity contribution in [3.63, 3.8) is 0 Å². The molecule has 6 rings (SSSR count). The third-order valence-electron chi connectivity index (χ3n) is 8.54. The number of benzene rings is 2. The Balaban J connectivity index is 1.16. The molecule has 0 bridgehead atoms. The van der Waals surface area contributed by atoms with Crippen LogP contribution in [0.1, 0.15) is 42.5 Å². The molecule has 3 aromatic rings. The van der Waals surface area contributed by atoms with Crippen molar-refractivity contribution in [2.24, 2.45) is 5.41 Å². The van der Waals surface area contributed by atoms with Crippen LogP contribution in [0.4, 0.5) is 5.69 Å². The molecule has 2 aromatic carbocycles. The fourth-order valence-electron chi connectivity index (χ4n) is 6.32. The van der Waals surface area contributed by atoms with Gasteiger partial charge in [0.25, 0.3) is 5.91 Å². The highest BCUT2D eigenvalue weighted by molar-refractivity contribution is 6.01. The summed E-state index contributed by atoms with van der Waals surface area (Å²) in [6, 6.07) is 14.4. The molecular weight excluding hydrogens is 478 g/mol. The van der Waals surface area contributed by atoms with Crippen molar-refractivity contribution in [3.05, 3.63) is 48.0 Å². The van der Waals surface area contributed by atoms with Gasteiger partial charge in [-0.15, -0.1) is 0 Å². The lowest BCUT2D eigenvalue weighted by Crippen LogP contribution is -2.49. The number of aromatic nitrogens is 2. The van der Waals surface area contributed by atoms with Crippen LogP contribution in [0.2, 0.25) is 0 Å². The zero-order chi connectivity index (χ0) is 25.8. The van der Waals surface area contributed by atoms with Gasteiger partial charge in [-0.2, -0.15) is 5.10 Å². The molecule has 0 unspecified atom stereocenters. The highest BCUT2D eigenvalue weighted by atomic mass is 16.5. The first-order valence-electron chi connectivity index (χ1n) is 14.2. The summed E-state index contributed by atoms with van der Waals surface area (Å²) in [6.07, 6.45) is 6.14. The quantitative estimate of drug-likeness (QED) is 0.492. The number of anilines is 1. The van der Waals surface area contributed by atoms with Crippen molar-refractivity contribution in [2.45, 2.75) is 32.1 Å². The van der Waals surface area contributed by atoms with Crippen LogP contribution in [-0.4, -0.2) is 86.7 Å². The van der Waals surface area contributed by atoms with Gasteiger partial charge in [0, 0.05) is 66.9 Å². The molecule has 1 aliphatic carbocycles. The number of amides is 1. The number of nitrogens with one attached hydrogen (secondary N) is 2. The maximum Gasteiger partial charge on any atom is 0.251 e. The number of nitrogens with zero attached hydrogens (tertiary/aromatic N) is 3. The van der Waals surface area contributed by atoms with Crippen LogP contribution in [0, 0.1) is 5.41 Å². The van der Waals surface area contributed by atoms with E-state index in [1.54, 1.807) is 0 Å². The second-order valence-corrected chi connectivity index (χ2v) is 11.1. The number of hydrogen-bond donors (Lipinski definition) is 2. The van der Waals surface area contributed by atoms with E-state index in [-0.39, 0.29) is 11.3 Å². The molecule has 0 atom stereocenters. The third-order valence-corrected chi connectivity index (χ3v) is 8.54. The van der Waals surface area contributed by atoms with Gasteiger partial charge in [-0.1, -0.05) is 31.4 Å². The summed E-state index contributed by atoms with van der Waals surface area (Å²) >= 11 is 0. The molecule has 1 amide bonds. The van der Waals surface area contributed by atoms with Crippen LogP contribution in [-0.2, 0) is 9.47 Å². The van der Waals surface area contributed by atoms with Gasteiger partial charge in [-0.05, 0) is 43.2 Å². The Bertz CT molecular complexity index is 1220. The number of carbonyl (C=O) groups is 1. The second kappa shape index (κ2) is 11.4. The molecule has 1 saturated carbocycles. The third kappa shape index (κ3) is 5.58. The number of morpholine rings is 2. The fourth-order valence-corrected chi connectivity index (χ4v) is 6.32. The van der Waals surface area contributed by atoms with Gasteiger partial charge in [0.15, 0.2) is 0 Å². The molecule has 8 heteroatoms. The van der Waals surface area contributed by atoms with Crippen LogP contribution in [0.5, 0.6) is 0 Å². The maximum absolute atomic E-state index is 13.4. The Kier molecular flexibility index (Phi) is 7.63. The maximum atomic E-state index is 13.4. The van der Waals surface area contributed by atoms with E-state index in [2.05, 4.69) is 49.6 Å². The van der Waals surface area contributed by atoms with Gasteiger partial charge in [0.2, 0.25) is 0 Å². The Labute approximate surface area is 224 Å². The van der Waals surface area contributed by atoms with E-state index in [9.17, 15) is 4.79 Å². The molecule has 8 nitrogen and oxygen atoms in total. The normalized spacial score (nSPS) is 20.5. The molecule has 38 heavy (non-hydrogen) atoms. The molecule has 2 saturated heterocycles. The standard InChI is InChI=1S/C30H39N5O3/c36-29(31-21-30(10-2-1-3-11-30)22-34-12-16-37-17-13-34)24-6-9-27-26(20-24)28(33-32-27)23-4-7-25(8-5-23)35-14-18-38-19-15-35/h4-9,20H,1-3,10-19,21-22H2,(H,31,36)(H,32,33). The van der Waals surface area contributed by atoms with E-state index in [4.69, 9.17) is 9.47 Å². The SMILES string of the molecule is O=C(NCC1(CN2CCOCC2)CCCCC1)c1ccc2[nH]nc(-c3ccc(N4CCOCC4)cc3)c2c1. The molecule has 2 N–H and O–H groups in total. The Morgan fingerprint density at radius 3 is 2.37 bits per heavy atom. The number of aromatic amines is 1. The lowest BCUT2D eigenvalue weighted by molar-refractivity contribution is 0.00728. The van der Waals surface area contributed by atoms with Crippen molar-refractivity contribution in [1.82, 2.24) is 20.4 Å². The number of carbonyl (C=O) groups excluding carboxylic acids is 1. The number of H-pyrrole nitrogens is 1. The van der Waals surface area contributed by atoms with Crippen molar-refractivity contribution in [1.29, 1.82) is 0 Å². The topological polar surface area (TPSA) is 82.7 Å². The van der Waals surface area contributed by atoms with Gasteiger partial charge >= 0.3 is 0 Å². The van der Waals surface area contributed by atoms with E-state index < -0.39 is 0 Å². The molecule has 2 aliphatic heterocycles. The average Bonchev–Trinajstić information content (AvgIpc) is 3.41. The summed E-state index contributed by atoms with van der Waals surface area (Å²) in [6.45, 7) is 8.73. The van der Waals surface area contributed by atoms with E-state index in [0.29, 0.717) is 5.56 Å². The van der Waals surface area contributed by atoms with E-state index in [0.717, 1.165) is 87.9 Å². The molecule has 3 fully saturated rings. The first kappa shape index (κ1) is 25.3. The van der Waals surface area contributed by atoms with Crippen LogP contribution >= 0.6 is 0 Å². The second-order valence-electron chi connectivity index (χ2n) is 11.1. The minimum Gasteiger partial charge on any atom is -0.379 e. The molecular formula is C30H39N5O3. The van der Waals surface area contributed by atoms with Crippen molar-refractivity contribution in [3.8, 4) is 11.3 Å². The number of rotatable bonds is 7. The predicted octanol–water partition coefficient (Wildman–Crippen LogP) is 4.08. The molecule has 3 aliphatic rings. The van der Waals surface area contributed by atoms with Gasteiger partial charge in [0.1, 0.15) is 0 Å². The number of ether oxygens (including phenoxy) is 2. The molecule has 0 radical (unpaired) electrons. The largest absolute Gasteiger partial charge is 0.379 e. The molecule has 1 aromatic heterocycles. The van der Waals surface area contributed by atoms with Gasteiger partial charge in [0.05, 0.1) is 37.6 Å². The summed E-state index contributed by atoms with van der Waals surface area (Å²) in [5.74, 6) is -0.00589. The molecule has 0 spiro atoms. The summed E-state index contributed by atoms with van der Waals surface area (Å²) < 4.78 is 11.0. The van der Waals surface area contributed by atoms with E-state index >= 15 is 0 Å². The monoisotopic (exact) mass is 517 g/mol. The first-order chi connectivity index (χ1) is 18.7. The summed E-state index contributed by atoms with van der Waals surface area (Å²) in [5.41, 5.74) is 4.88. The van der Waals surface area contributed by atoms with E-state index in [1.165, 1.54) is 37.8 Å². The lowest BCUT2D eigenvalue weighted by Gasteiger charge is -2.42. The van der Waals surface area contributed by atoms with Crippen LogP contribution in [0.15, 0.2) is 42.5 Å².